The normalized spacial score (nSPS) is 23.4. The number of alkyl carbamates (subject to hydrolysis) is 1. The zero-order valence-corrected chi connectivity index (χ0v) is 19.3. The van der Waals surface area contributed by atoms with E-state index in [-0.39, 0.29) is 31.1 Å². The lowest BCUT2D eigenvalue weighted by molar-refractivity contribution is -0.152. The van der Waals surface area contributed by atoms with Gasteiger partial charge in [0, 0.05) is 18.2 Å². The van der Waals surface area contributed by atoms with Crippen LogP contribution in [0.15, 0.2) is 48.5 Å². The van der Waals surface area contributed by atoms with Crippen LogP contribution in [0.5, 0.6) is 0 Å². The van der Waals surface area contributed by atoms with E-state index in [1.807, 2.05) is 24.3 Å². The lowest BCUT2D eigenvalue weighted by atomic mass is 9.98. The number of carboxylic acid groups (broad SMARTS) is 1. The first-order valence-electron chi connectivity index (χ1n) is 11.4. The highest BCUT2D eigenvalue weighted by molar-refractivity contribution is 7.99. The van der Waals surface area contributed by atoms with Crippen LogP contribution in [-0.4, -0.2) is 71.0 Å². The molecule has 2 fully saturated rings. The van der Waals surface area contributed by atoms with Crippen LogP contribution in [0.2, 0.25) is 0 Å². The molecule has 0 aromatic heterocycles. The smallest absolute Gasteiger partial charge is 0.407 e. The molecule has 3 atom stereocenters. The van der Waals surface area contributed by atoms with Gasteiger partial charge in [0.2, 0.25) is 0 Å². The molecule has 2 aliphatic heterocycles. The van der Waals surface area contributed by atoms with Crippen molar-refractivity contribution in [3.63, 3.8) is 0 Å². The topological polar surface area (TPSA) is 105 Å². The molecule has 2 N–H and O–H groups in total. The number of carbonyl (C=O) groups excluding carboxylic acids is 2. The molecule has 3 aliphatic rings. The number of ether oxygens (including phenoxy) is 2. The van der Waals surface area contributed by atoms with Gasteiger partial charge in [0.05, 0.1) is 12.0 Å². The molecule has 8 nitrogen and oxygen atoms in total. The van der Waals surface area contributed by atoms with Crippen LogP contribution in [-0.2, 0) is 19.1 Å². The molecule has 2 aromatic rings. The summed E-state index contributed by atoms with van der Waals surface area (Å²) in [5.41, 5.74) is 4.64. The second-order valence-electron chi connectivity index (χ2n) is 8.69. The van der Waals surface area contributed by atoms with Crippen LogP contribution in [0.1, 0.15) is 29.9 Å². The SMILES string of the molecule is O=C(NCC1CCC(C(=O)N2CSCC2C(=O)O)O1)OCC1c2ccccc2-c2ccccc21. The summed E-state index contributed by atoms with van der Waals surface area (Å²) in [6.45, 7) is 0.466. The third-order valence-corrected chi connectivity index (χ3v) is 7.66. The number of fused-ring (bicyclic) bond motifs is 3. The number of nitrogens with zero attached hydrogens (tertiary/aromatic N) is 1. The lowest BCUT2D eigenvalue weighted by Crippen LogP contribution is -2.46. The molecule has 178 valence electrons. The Hall–Kier alpha value is -3.04. The summed E-state index contributed by atoms with van der Waals surface area (Å²) in [7, 11) is 0. The predicted octanol–water partition coefficient (Wildman–Crippen LogP) is 3.06. The Bertz CT molecular complexity index is 1060. The standard InChI is InChI=1S/C25H26N2O6S/c28-23(27-14-34-13-21(27)24(29)30)22-10-9-15(33-22)11-26-25(31)32-12-20-18-7-3-1-5-16(18)17-6-2-4-8-19(17)20/h1-8,15,20-22H,9-14H2,(H,26,31)(H,29,30). The molecule has 5 rings (SSSR count). The largest absolute Gasteiger partial charge is 0.480 e. The molecule has 0 spiro atoms. The van der Waals surface area contributed by atoms with E-state index in [1.165, 1.54) is 27.8 Å². The number of carbonyl (C=O) groups is 3. The van der Waals surface area contributed by atoms with Crippen molar-refractivity contribution in [3.8, 4) is 11.1 Å². The van der Waals surface area contributed by atoms with Crippen LogP contribution >= 0.6 is 11.8 Å². The third-order valence-electron chi connectivity index (χ3n) is 6.65. The molecule has 0 saturated carbocycles. The molecule has 0 radical (unpaired) electrons. The van der Waals surface area contributed by atoms with Crippen LogP contribution in [0, 0.1) is 0 Å². The van der Waals surface area contributed by atoms with Gasteiger partial charge in [-0.15, -0.1) is 11.8 Å². The molecule has 0 bridgehead atoms. The minimum absolute atomic E-state index is 0.0107. The first-order valence-corrected chi connectivity index (χ1v) is 12.5. The third kappa shape index (κ3) is 4.37. The first kappa shape index (κ1) is 22.7. The van der Waals surface area contributed by atoms with E-state index in [2.05, 4.69) is 29.6 Å². The Morgan fingerprint density at radius 1 is 1.06 bits per heavy atom. The Morgan fingerprint density at radius 3 is 2.41 bits per heavy atom. The van der Waals surface area contributed by atoms with Gasteiger partial charge in [0.1, 0.15) is 18.8 Å². The monoisotopic (exact) mass is 482 g/mol. The van der Waals surface area contributed by atoms with Crippen molar-refractivity contribution >= 4 is 29.7 Å². The first-order chi connectivity index (χ1) is 16.5. The van der Waals surface area contributed by atoms with Gasteiger partial charge in [0.25, 0.3) is 5.91 Å². The van der Waals surface area contributed by atoms with Crippen molar-refractivity contribution in [3.05, 3.63) is 59.7 Å². The number of thioether (sulfide) groups is 1. The fraction of sp³-hybridized carbons (Fsp3) is 0.400. The molecule has 34 heavy (non-hydrogen) atoms. The van der Waals surface area contributed by atoms with Gasteiger partial charge < -0.3 is 24.8 Å². The van der Waals surface area contributed by atoms with Gasteiger partial charge in [-0.05, 0) is 35.1 Å². The van der Waals surface area contributed by atoms with E-state index in [9.17, 15) is 19.5 Å². The summed E-state index contributed by atoms with van der Waals surface area (Å²) in [5, 5.41) is 12.0. The minimum Gasteiger partial charge on any atom is -0.480 e. The second-order valence-corrected chi connectivity index (χ2v) is 9.69. The average molecular weight is 483 g/mol. The number of aliphatic carboxylic acids is 1. The lowest BCUT2D eigenvalue weighted by Gasteiger charge is -2.24. The van der Waals surface area contributed by atoms with Crippen molar-refractivity contribution in [1.29, 1.82) is 0 Å². The number of rotatable bonds is 6. The van der Waals surface area contributed by atoms with Gasteiger partial charge >= 0.3 is 12.1 Å². The van der Waals surface area contributed by atoms with Crippen LogP contribution in [0.4, 0.5) is 4.79 Å². The summed E-state index contributed by atoms with van der Waals surface area (Å²) >= 11 is 1.42. The number of carboxylic acids is 1. The van der Waals surface area contributed by atoms with E-state index < -0.39 is 24.2 Å². The van der Waals surface area contributed by atoms with Crippen molar-refractivity contribution in [2.75, 3.05) is 24.8 Å². The molecule has 9 heteroatoms. The van der Waals surface area contributed by atoms with Gasteiger partial charge in [0.15, 0.2) is 0 Å². The van der Waals surface area contributed by atoms with Crippen molar-refractivity contribution in [1.82, 2.24) is 10.2 Å². The van der Waals surface area contributed by atoms with E-state index in [0.29, 0.717) is 24.5 Å². The van der Waals surface area contributed by atoms with Crippen LogP contribution in [0.25, 0.3) is 11.1 Å². The van der Waals surface area contributed by atoms with Crippen molar-refractivity contribution < 1.29 is 29.0 Å². The van der Waals surface area contributed by atoms with Crippen LogP contribution in [0.3, 0.4) is 0 Å². The van der Waals surface area contributed by atoms with Crippen molar-refractivity contribution in [2.24, 2.45) is 0 Å². The molecule has 2 heterocycles. The van der Waals surface area contributed by atoms with Gasteiger partial charge in [-0.25, -0.2) is 9.59 Å². The van der Waals surface area contributed by atoms with Crippen molar-refractivity contribution in [2.45, 2.75) is 37.0 Å². The molecule has 3 unspecified atom stereocenters. The summed E-state index contributed by atoms with van der Waals surface area (Å²) in [4.78, 5) is 37.8. The Morgan fingerprint density at radius 2 is 1.74 bits per heavy atom. The number of amides is 2. The van der Waals surface area contributed by atoms with Gasteiger partial charge in [-0.2, -0.15) is 0 Å². The van der Waals surface area contributed by atoms with E-state index in [4.69, 9.17) is 9.47 Å². The Labute approximate surface area is 201 Å². The molecule has 2 aromatic carbocycles. The summed E-state index contributed by atoms with van der Waals surface area (Å²) in [6.07, 6.45) is -0.396. The second kappa shape index (κ2) is 9.68. The van der Waals surface area contributed by atoms with E-state index in [0.717, 1.165) is 11.1 Å². The van der Waals surface area contributed by atoms with Gasteiger partial charge in [-0.3, -0.25) is 4.79 Å². The predicted molar refractivity (Wildman–Crippen MR) is 127 cm³/mol. The Kier molecular flexibility index (Phi) is 6.47. The molecular weight excluding hydrogens is 456 g/mol. The fourth-order valence-electron chi connectivity index (χ4n) is 4.93. The molecular formula is C25H26N2O6S. The molecule has 2 amide bonds. The fourth-order valence-corrected chi connectivity index (χ4v) is 6.09. The highest BCUT2D eigenvalue weighted by Crippen LogP contribution is 2.44. The number of nitrogens with one attached hydrogen (secondary N) is 1. The zero-order chi connectivity index (χ0) is 23.7. The van der Waals surface area contributed by atoms with Crippen LogP contribution < -0.4 is 5.32 Å². The van der Waals surface area contributed by atoms with E-state index in [1.54, 1.807) is 0 Å². The summed E-state index contributed by atoms with van der Waals surface area (Å²) in [6, 6.07) is 15.5. The maximum absolute atomic E-state index is 12.7. The molecule has 2 saturated heterocycles. The number of hydrogen-bond acceptors (Lipinski definition) is 6. The molecule has 1 aliphatic carbocycles. The maximum atomic E-state index is 12.7. The van der Waals surface area contributed by atoms with Gasteiger partial charge in [-0.1, -0.05) is 48.5 Å². The Balaban J connectivity index is 1.11. The van der Waals surface area contributed by atoms with E-state index >= 15 is 0 Å². The minimum atomic E-state index is -0.996. The highest BCUT2D eigenvalue weighted by Gasteiger charge is 2.41. The maximum Gasteiger partial charge on any atom is 0.407 e. The number of hydrogen-bond donors (Lipinski definition) is 2. The number of benzene rings is 2. The quantitative estimate of drug-likeness (QED) is 0.652. The zero-order valence-electron chi connectivity index (χ0n) is 18.5. The summed E-state index contributed by atoms with van der Waals surface area (Å²) in [5.74, 6) is -0.548. The summed E-state index contributed by atoms with van der Waals surface area (Å²) < 4.78 is 11.4. The average Bonchev–Trinajstić information content (AvgIpc) is 3.59. The highest BCUT2D eigenvalue weighted by atomic mass is 32.2.